The van der Waals surface area contributed by atoms with Crippen molar-refractivity contribution >= 4 is 11.5 Å². The summed E-state index contributed by atoms with van der Waals surface area (Å²) in [7, 11) is 0. The number of nitrogens with one attached hydrogen (secondary N) is 2. The number of fused-ring (bicyclic) bond motifs is 1. The Morgan fingerprint density at radius 2 is 1.63 bits per heavy atom. The number of nitrogens with zero attached hydrogens (tertiary/aromatic N) is 4. The standard InChI is InChI=1S/C18H18F6N6/c1-10-11(2)15-27-28-16(18(22,23)24)30(15)29-14(10)26-9-13(17(19,20)21)25-8-12-6-4-3-5-7-12/h3-7,13,25H,8-9H2,1-2H3,(H,26,29)/t13-/m0/s1. The lowest BCUT2D eigenvalue weighted by atomic mass is 10.1. The highest BCUT2D eigenvalue weighted by molar-refractivity contribution is 5.58. The van der Waals surface area contributed by atoms with Crippen LogP contribution in [0.2, 0.25) is 0 Å². The third kappa shape index (κ3) is 4.64. The highest BCUT2D eigenvalue weighted by Gasteiger charge is 2.40. The average Bonchev–Trinajstić information content (AvgIpc) is 3.09. The second-order valence-corrected chi connectivity index (χ2v) is 6.70. The van der Waals surface area contributed by atoms with Crippen LogP contribution < -0.4 is 10.6 Å². The van der Waals surface area contributed by atoms with E-state index in [4.69, 9.17) is 0 Å². The Hall–Kier alpha value is -2.89. The smallest absolute Gasteiger partial charge is 0.366 e. The maximum atomic E-state index is 13.4. The van der Waals surface area contributed by atoms with E-state index < -0.39 is 30.8 Å². The van der Waals surface area contributed by atoms with Gasteiger partial charge in [0.2, 0.25) is 0 Å². The molecule has 0 spiro atoms. The van der Waals surface area contributed by atoms with Crippen molar-refractivity contribution in [3.63, 3.8) is 0 Å². The third-order valence-corrected chi connectivity index (χ3v) is 4.61. The van der Waals surface area contributed by atoms with Gasteiger partial charge in [0.15, 0.2) is 5.65 Å². The second kappa shape index (κ2) is 8.09. The van der Waals surface area contributed by atoms with Crippen molar-refractivity contribution in [2.75, 3.05) is 11.9 Å². The van der Waals surface area contributed by atoms with Gasteiger partial charge in [-0.2, -0.15) is 30.9 Å². The van der Waals surface area contributed by atoms with Gasteiger partial charge in [0.25, 0.3) is 5.82 Å². The molecule has 6 nitrogen and oxygen atoms in total. The predicted octanol–water partition coefficient (Wildman–Crippen LogP) is 3.89. The summed E-state index contributed by atoms with van der Waals surface area (Å²) in [6, 6.07) is 6.58. The highest BCUT2D eigenvalue weighted by Crippen LogP contribution is 2.30. The molecule has 30 heavy (non-hydrogen) atoms. The Morgan fingerprint density at radius 1 is 0.967 bits per heavy atom. The molecule has 12 heteroatoms. The first-order valence-electron chi connectivity index (χ1n) is 8.86. The molecule has 3 rings (SSSR count). The molecule has 0 radical (unpaired) electrons. The SMILES string of the molecule is Cc1c(NC[C@H](NCc2ccccc2)C(F)(F)F)nn2c(C(F)(F)F)nnc2c1C. The van der Waals surface area contributed by atoms with Gasteiger partial charge in [-0.25, -0.2) is 0 Å². The number of aromatic nitrogens is 4. The fourth-order valence-corrected chi connectivity index (χ4v) is 2.81. The first-order valence-corrected chi connectivity index (χ1v) is 8.86. The van der Waals surface area contributed by atoms with Crippen molar-refractivity contribution in [3.05, 3.63) is 52.8 Å². The van der Waals surface area contributed by atoms with Gasteiger partial charge in [0.1, 0.15) is 11.9 Å². The average molecular weight is 432 g/mol. The summed E-state index contributed by atoms with van der Waals surface area (Å²) in [6.07, 6.45) is -9.39. The molecule has 3 aromatic rings. The number of anilines is 1. The number of halogens is 6. The molecule has 2 aromatic heterocycles. The van der Waals surface area contributed by atoms with Gasteiger partial charge >= 0.3 is 12.4 Å². The minimum Gasteiger partial charge on any atom is -0.366 e. The van der Waals surface area contributed by atoms with Gasteiger partial charge < -0.3 is 10.6 Å². The molecule has 0 saturated heterocycles. The molecule has 0 amide bonds. The van der Waals surface area contributed by atoms with Crippen molar-refractivity contribution in [3.8, 4) is 0 Å². The number of alkyl halides is 6. The summed E-state index contributed by atoms with van der Waals surface area (Å²) >= 11 is 0. The van der Waals surface area contributed by atoms with Gasteiger partial charge in [0, 0.05) is 18.7 Å². The summed E-state index contributed by atoms with van der Waals surface area (Å²) in [5.41, 5.74) is 1.27. The Labute approximate surface area is 167 Å². The lowest BCUT2D eigenvalue weighted by molar-refractivity contribution is -0.152. The minimum absolute atomic E-state index is 0.0270. The lowest BCUT2D eigenvalue weighted by Crippen LogP contribution is -2.46. The zero-order valence-corrected chi connectivity index (χ0v) is 15.9. The number of hydrogen-bond acceptors (Lipinski definition) is 5. The Bertz CT molecular complexity index is 1010. The van der Waals surface area contributed by atoms with E-state index in [-0.39, 0.29) is 18.0 Å². The first-order chi connectivity index (χ1) is 14.0. The van der Waals surface area contributed by atoms with Crippen molar-refractivity contribution in [2.24, 2.45) is 0 Å². The zero-order chi connectivity index (χ0) is 22.1. The Morgan fingerprint density at radius 3 is 2.23 bits per heavy atom. The van der Waals surface area contributed by atoms with Crippen LogP contribution in [0.4, 0.5) is 32.2 Å². The van der Waals surface area contributed by atoms with E-state index in [0.29, 0.717) is 21.2 Å². The first kappa shape index (κ1) is 21.8. The van der Waals surface area contributed by atoms with Crippen LogP contribution in [0.1, 0.15) is 22.5 Å². The number of aryl methyl sites for hydroxylation is 1. The summed E-state index contributed by atoms with van der Waals surface area (Å²) in [5.74, 6) is -1.46. The van der Waals surface area contributed by atoms with Crippen molar-refractivity contribution in [1.82, 2.24) is 25.1 Å². The molecule has 1 aromatic carbocycles. The Balaban J connectivity index is 1.83. The number of hydrogen-bond donors (Lipinski definition) is 2. The molecule has 0 unspecified atom stereocenters. The Kier molecular flexibility index (Phi) is 5.88. The van der Waals surface area contributed by atoms with E-state index in [2.05, 4.69) is 25.9 Å². The second-order valence-electron chi connectivity index (χ2n) is 6.70. The summed E-state index contributed by atoms with van der Waals surface area (Å²) < 4.78 is 80.1. The van der Waals surface area contributed by atoms with Gasteiger partial charge in [-0.15, -0.1) is 15.3 Å². The fourth-order valence-electron chi connectivity index (χ4n) is 2.81. The molecule has 0 aliphatic carbocycles. The van der Waals surface area contributed by atoms with E-state index >= 15 is 0 Å². The molecule has 0 aliphatic heterocycles. The monoisotopic (exact) mass is 432 g/mol. The normalized spacial score (nSPS) is 13.6. The van der Waals surface area contributed by atoms with Crippen LogP contribution in [-0.2, 0) is 12.7 Å². The maximum Gasteiger partial charge on any atom is 0.453 e. The van der Waals surface area contributed by atoms with Crippen LogP contribution >= 0.6 is 0 Å². The van der Waals surface area contributed by atoms with Gasteiger partial charge in [-0.1, -0.05) is 30.3 Å². The third-order valence-electron chi connectivity index (χ3n) is 4.61. The highest BCUT2D eigenvalue weighted by atomic mass is 19.4. The molecule has 162 valence electrons. The molecule has 0 aliphatic rings. The zero-order valence-electron chi connectivity index (χ0n) is 15.9. The maximum absolute atomic E-state index is 13.4. The van der Waals surface area contributed by atoms with Crippen molar-refractivity contribution in [1.29, 1.82) is 0 Å². The van der Waals surface area contributed by atoms with E-state index in [1.54, 1.807) is 30.3 Å². The van der Waals surface area contributed by atoms with Crippen LogP contribution in [0.25, 0.3) is 5.65 Å². The van der Waals surface area contributed by atoms with Crippen molar-refractivity contribution in [2.45, 2.75) is 38.8 Å². The van der Waals surface area contributed by atoms with Gasteiger partial charge in [-0.3, -0.25) is 0 Å². The molecular formula is C18H18F6N6. The van der Waals surface area contributed by atoms with Crippen LogP contribution in [0.3, 0.4) is 0 Å². The minimum atomic E-state index is -4.81. The molecule has 2 heterocycles. The molecule has 0 fully saturated rings. The summed E-state index contributed by atoms with van der Waals surface area (Å²) in [5, 5.41) is 15.3. The van der Waals surface area contributed by atoms with Gasteiger partial charge in [-0.05, 0) is 25.0 Å². The summed E-state index contributed by atoms with van der Waals surface area (Å²) in [6.45, 7) is 2.38. The molecule has 0 saturated carbocycles. The van der Waals surface area contributed by atoms with Crippen LogP contribution in [-0.4, -0.2) is 38.6 Å². The largest absolute Gasteiger partial charge is 0.453 e. The summed E-state index contributed by atoms with van der Waals surface area (Å²) in [4.78, 5) is 0. The van der Waals surface area contributed by atoms with E-state index in [0.717, 1.165) is 0 Å². The van der Waals surface area contributed by atoms with Crippen LogP contribution in [0.15, 0.2) is 30.3 Å². The quantitative estimate of drug-likeness (QED) is 0.579. The van der Waals surface area contributed by atoms with E-state index in [1.165, 1.54) is 13.8 Å². The molecular weight excluding hydrogens is 414 g/mol. The topological polar surface area (TPSA) is 67.1 Å². The van der Waals surface area contributed by atoms with E-state index in [9.17, 15) is 26.3 Å². The predicted molar refractivity (Wildman–Crippen MR) is 96.9 cm³/mol. The number of rotatable bonds is 6. The van der Waals surface area contributed by atoms with Crippen LogP contribution in [0.5, 0.6) is 0 Å². The van der Waals surface area contributed by atoms with Gasteiger partial charge in [0.05, 0.1) is 0 Å². The van der Waals surface area contributed by atoms with Crippen LogP contribution in [0, 0.1) is 13.8 Å². The molecule has 2 N–H and O–H groups in total. The van der Waals surface area contributed by atoms with E-state index in [1.807, 2.05) is 0 Å². The number of benzene rings is 1. The molecule has 0 bridgehead atoms. The fraction of sp³-hybridized carbons (Fsp3) is 0.389. The molecule has 1 atom stereocenters. The lowest BCUT2D eigenvalue weighted by Gasteiger charge is -2.23. The van der Waals surface area contributed by atoms with Crippen molar-refractivity contribution < 1.29 is 26.3 Å².